The van der Waals surface area contributed by atoms with Crippen LogP contribution < -0.4 is 34.7 Å². The predicted octanol–water partition coefficient (Wildman–Crippen LogP) is 3.70. The summed E-state index contributed by atoms with van der Waals surface area (Å²) >= 11 is 2.65. The van der Waals surface area contributed by atoms with Gasteiger partial charge in [0.1, 0.15) is 0 Å². The molecule has 0 aromatic carbocycles. The first-order valence-electron chi connectivity index (χ1n) is 14.7. The molecule has 0 aliphatic heterocycles. The molecule has 0 radical (unpaired) electrons. The Balaban J connectivity index is -0.000000276. The van der Waals surface area contributed by atoms with E-state index in [1.807, 2.05) is 14.1 Å². The zero-order chi connectivity index (χ0) is 31.7. The number of hydrogen-bond donors (Lipinski definition) is 1. The minimum Gasteiger partial charge on any atom is -0.549 e. The van der Waals surface area contributed by atoms with Crippen molar-refractivity contribution in [2.75, 3.05) is 53.2 Å². The van der Waals surface area contributed by atoms with E-state index in [9.17, 15) is 14.7 Å². The van der Waals surface area contributed by atoms with Gasteiger partial charge in [-0.3, -0.25) is 0 Å². The molecule has 0 spiro atoms. The molecule has 12 heteroatoms. The number of carbonyl (C=O) groups is 2. The molecule has 0 aliphatic carbocycles. The fourth-order valence-electron chi connectivity index (χ4n) is 3.98. The van der Waals surface area contributed by atoms with Gasteiger partial charge in [-0.05, 0) is 33.5 Å². The van der Waals surface area contributed by atoms with Crippen LogP contribution >= 0.6 is 15.9 Å². The van der Waals surface area contributed by atoms with E-state index in [4.69, 9.17) is 5.11 Å². The van der Waals surface area contributed by atoms with Crippen molar-refractivity contribution < 1.29 is 53.8 Å². The van der Waals surface area contributed by atoms with Crippen molar-refractivity contribution in [3.05, 3.63) is 0 Å². The molecule has 1 N–H and O–H groups in total. The van der Waals surface area contributed by atoms with Crippen LogP contribution in [0.15, 0.2) is 0 Å². The van der Waals surface area contributed by atoms with Crippen molar-refractivity contribution in [3.63, 3.8) is 0 Å². The normalized spacial score (nSPS) is 12.5. The van der Waals surface area contributed by atoms with E-state index in [0.29, 0.717) is 4.48 Å². The third kappa shape index (κ3) is 41.3. The molecule has 0 unspecified atom stereocenters. The standard InChI is InChI=1S/C14H33NO2Si2.C12H31NSi2.C2H3BrO2.Na/c1-15(2,13-14(16)17)9-8-10-19(6,7)12-11-18(3,4)5;1-13(2)9-8-10-15(6,7)12-11-14(3,4)5;3-1-2(4)5;/h8-13H2,1-7H3;8-12H2,1-7H3;1H2,(H,4,5);/q;;;+1. The molecular weight excluding hydrogens is 644 g/mol. The van der Waals surface area contributed by atoms with Crippen molar-refractivity contribution in [1.82, 2.24) is 4.90 Å². The van der Waals surface area contributed by atoms with Crippen LogP contribution in [-0.2, 0) is 9.59 Å². The van der Waals surface area contributed by atoms with Gasteiger partial charge >= 0.3 is 35.5 Å². The van der Waals surface area contributed by atoms with Crippen molar-refractivity contribution >= 4 is 60.2 Å². The molecule has 0 rings (SSSR count). The van der Waals surface area contributed by atoms with Gasteiger partial charge in [-0.2, -0.15) is 0 Å². The van der Waals surface area contributed by atoms with E-state index in [-0.39, 0.29) is 41.4 Å². The van der Waals surface area contributed by atoms with Gasteiger partial charge in [-0.15, -0.1) is 0 Å². The van der Waals surface area contributed by atoms with Crippen LogP contribution in [0.5, 0.6) is 0 Å². The molecule has 0 amide bonds. The SMILES string of the molecule is CN(C)CCC[Si](C)(C)CC[Si](C)(C)C.C[N+](C)(CCC[Si](C)(C)CC[Si](C)(C)C)CC(=O)O.O=C([O-])CBr.[Na+]. The molecule has 0 saturated carbocycles. The van der Waals surface area contributed by atoms with Crippen LogP contribution in [0.3, 0.4) is 0 Å². The maximum absolute atomic E-state index is 10.8. The Hall–Kier alpha value is 1.21. The number of likely N-dealkylation sites (N-methyl/N-ethyl adjacent to an activating group) is 1. The van der Waals surface area contributed by atoms with Gasteiger partial charge in [0, 0.05) is 37.6 Å². The Morgan fingerprint density at radius 3 is 1.38 bits per heavy atom. The van der Waals surface area contributed by atoms with Gasteiger partial charge in [-0.25, -0.2) is 4.79 Å². The summed E-state index contributed by atoms with van der Waals surface area (Å²) in [7, 11) is 4.73. The van der Waals surface area contributed by atoms with Gasteiger partial charge in [0.2, 0.25) is 0 Å². The van der Waals surface area contributed by atoms with Gasteiger partial charge in [0.15, 0.2) is 6.54 Å². The Kier molecular flexibility index (Phi) is 27.3. The zero-order valence-electron chi connectivity index (χ0n) is 29.4. The Morgan fingerprint density at radius 2 is 1.10 bits per heavy atom. The zero-order valence-corrected chi connectivity index (χ0v) is 37.0. The summed E-state index contributed by atoms with van der Waals surface area (Å²) in [6, 6.07) is 8.81. The number of aliphatic carboxylic acids is 2. The van der Waals surface area contributed by atoms with E-state index < -0.39 is 44.2 Å². The molecule has 0 fully saturated rings. The number of carboxylic acid groups (broad SMARTS) is 2. The number of quaternary nitrogens is 1. The maximum Gasteiger partial charge on any atom is 1.00 e. The first-order chi connectivity index (χ1) is 17.2. The second-order valence-electron chi connectivity index (χ2n) is 16.2. The molecule has 0 heterocycles. The summed E-state index contributed by atoms with van der Waals surface area (Å²) in [6.45, 7) is 27.4. The molecule has 40 heavy (non-hydrogen) atoms. The number of carboxylic acids is 2. The Morgan fingerprint density at radius 1 is 0.750 bits per heavy atom. The summed E-state index contributed by atoms with van der Waals surface area (Å²) < 4.78 is 0.605. The van der Waals surface area contributed by atoms with Gasteiger partial charge in [-0.1, -0.05) is 118 Å². The fourth-order valence-corrected chi connectivity index (χ4v) is 18.1. The average Bonchev–Trinajstić information content (AvgIpc) is 2.69. The molecule has 6 nitrogen and oxygen atoms in total. The Bertz CT molecular complexity index is 684. The predicted molar refractivity (Wildman–Crippen MR) is 187 cm³/mol. The van der Waals surface area contributed by atoms with E-state index in [2.05, 4.69) is 100 Å². The van der Waals surface area contributed by atoms with Crippen LogP contribution in [0.25, 0.3) is 0 Å². The maximum atomic E-state index is 10.8. The second kappa shape index (κ2) is 22.7. The van der Waals surface area contributed by atoms with Crippen LogP contribution in [0, 0.1) is 0 Å². The van der Waals surface area contributed by atoms with Crippen molar-refractivity contribution in [2.24, 2.45) is 0 Å². The van der Waals surface area contributed by atoms with Crippen LogP contribution in [-0.4, -0.2) is 112 Å². The molecule has 0 saturated heterocycles. The first-order valence-corrected chi connectivity index (χ1v) is 30.0. The number of rotatable bonds is 17. The quantitative estimate of drug-likeness (QED) is 0.142. The van der Waals surface area contributed by atoms with E-state index in [0.717, 1.165) is 6.54 Å². The number of hydrogen-bond acceptors (Lipinski definition) is 4. The molecule has 0 bridgehead atoms. The summed E-state index contributed by atoms with van der Waals surface area (Å²) in [5.74, 6) is -1.77. The molecule has 0 aromatic heterocycles. The minimum absolute atomic E-state index is 0. The number of carbonyl (C=O) groups excluding carboxylic acids is 1. The number of alkyl halides is 1. The smallest absolute Gasteiger partial charge is 0.549 e. The summed E-state index contributed by atoms with van der Waals surface area (Å²) in [5.41, 5.74) is 0. The van der Waals surface area contributed by atoms with Gasteiger partial charge in [0.25, 0.3) is 0 Å². The Labute approximate surface area is 284 Å². The number of nitrogens with zero attached hydrogens (tertiary/aromatic N) is 2. The van der Waals surface area contributed by atoms with Crippen molar-refractivity contribution in [3.8, 4) is 0 Å². The van der Waals surface area contributed by atoms with E-state index >= 15 is 0 Å². The van der Waals surface area contributed by atoms with Crippen LogP contribution in [0.4, 0.5) is 0 Å². The monoisotopic (exact) mass is 709 g/mol. The summed E-state index contributed by atoms with van der Waals surface area (Å²) in [5, 5.41) is 18.0. The fraction of sp³-hybridized carbons (Fsp3) is 0.929. The van der Waals surface area contributed by atoms with Crippen LogP contribution in [0.1, 0.15) is 12.8 Å². The minimum atomic E-state index is -1.08. The van der Waals surface area contributed by atoms with Crippen molar-refractivity contribution in [2.45, 2.75) is 115 Å². The molecular formula is C28H67BrN2NaO4Si4+. The summed E-state index contributed by atoms with van der Waals surface area (Å²) in [6.07, 6.45) is 2.57. The second-order valence-corrected chi connectivity index (χ2v) is 38.6. The van der Waals surface area contributed by atoms with Gasteiger partial charge in [0.05, 0.1) is 26.6 Å². The third-order valence-corrected chi connectivity index (χ3v) is 18.4. The summed E-state index contributed by atoms with van der Waals surface area (Å²) in [4.78, 5) is 22.3. The van der Waals surface area contributed by atoms with Gasteiger partial charge < -0.3 is 24.4 Å². The van der Waals surface area contributed by atoms with Crippen molar-refractivity contribution in [1.29, 1.82) is 0 Å². The number of halogens is 1. The van der Waals surface area contributed by atoms with E-state index in [1.54, 1.807) is 6.04 Å². The average molecular weight is 711 g/mol. The molecule has 0 aliphatic rings. The molecule has 0 aromatic rings. The van der Waals surface area contributed by atoms with Crippen LogP contribution in [0.2, 0.25) is 102 Å². The van der Waals surface area contributed by atoms with E-state index in [1.165, 1.54) is 49.6 Å². The first kappa shape index (κ1) is 48.1. The largest absolute Gasteiger partial charge is 1.00 e. The molecule has 0 atom stereocenters. The molecule has 236 valence electrons. The third-order valence-electron chi connectivity index (χ3n) is 6.85. The topological polar surface area (TPSA) is 80.7 Å².